The fourth-order valence-electron chi connectivity index (χ4n) is 2.52. The van der Waals surface area contributed by atoms with E-state index in [0.717, 1.165) is 11.3 Å². The summed E-state index contributed by atoms with van der Waals surface area (Å²) < 4.78 is 0. The minimum Gasteiger partial charge on any atom is -0.378 e. The Labute approximate surface area is 161 Å². The van der Waals surface area contributed by atoms with Gasteiger partial charge in [0.1, 0.15) is 0 Å². The maximum absolute atomic E-state index is 12.1. The molecule has 0 aliphatic heterocycles. The highest BCUT2D eigenvalue weighted by atomic mass is 16.2. The molecule has 0 bridgehead atoms. The predicted molar refractivity (Wildman–Crippen MR) is 111 cm³/mol. The van der Waals surface area contributed by atoms with Gasteiger partial charge in [-0.2, -0.15) is 0 Å². The summed E-state index contributed by atoms with van der Waals surface area (Å²) >= 11 is 0. The van der Waals surface area contributed by atoms with E-state index >= 15 is 0 Å². The zero-order chi connectivity index (χ0) is 19.8. The molecule has 144 valence electrons. The first-order valence-corrected chi connectivity index (χ1v) is 9.04. The van der Waals surface area contributed by atoms with E-state index in [9.17, 15) is 9.59 Å². The summed E-state index contributed by atoms with van der Waals surface area (Å²) in [7, 11) is 3.96. The van der Waals surface area contributed by atoms with Crippen molar-refractivity contribution in [2.24, 2.45) is 5.92 Å². The maximum atomic E-state index is 12.1. The molecule has 0 unspecified atom stereocenters. The van der Waals surface area contributed by atoms with Crippen molar-refractivity contribution in [3.63, 3.8) is 0 Å². The summed E-state index contributed by atoms with van der Waals surface area (Å²) in [4.78, 5) is 25.9. The van der Waals surface area contributed by atoms with Crippen LogP contribution in [0.15, 0.2) is 48.5 Å². The van der Waals surface area contributed by atoms with Crippen LogP contribution in [0, 0.1) is 5.92 Å². The Morgan fingerprint density at radius 1 is 0.963 bits per heavy atom. The van der Waals surface area contributed by atoms with Gasteiger partial charge < -0.3 is 20.9 Å². The molecule has 0 spiro atoms. The number of benzene rings is 2. The second-order valence-corrected chi connectivity index (χ2v) is 7.10. The largest absolute Gasteiger partial charge is 0.378 e. The number of nitrogens with one attached hydrogen (secondary N) is 3. The van der Waals surface area contributed by atoms with E-state index < -0.39 is 0 Å². The molecule has 2 rings (SSSR count). The van der Waals surface area contributed by atoms with Crippen molar-refractivity contribution >= 4 is 29.0 Å². The Morgan fingerprint density at radius 2 is 1.59 bits per heavy atom. The number of hydrogen-bond donors (Lipinski definition) is 3. The molecule has 0 atom stereocenters. The average molecular weight is 368 g/mol. The van der Waals surface area contributed by atoms with E-state index in [2.05, 4.69) is 16.0 Å². The summed E-state index contributed by atoms with van der Waals surface area (Å²) in [6.45, 7) is 4.45. The smallest absolute Gasteiger partial charge is 0.319 e. The van der Waals surface area contributed by atoms with Crippen LogP contribution < -0.4 is 20.9 Å². The van der Waals surface area contributed by atoms with Gasteiger partial charge in [0.25, 0.3) is 0 Å². The number of urea groups is 1. The summed E-state index contributed by atoms with van der Waals surface area (Å²) in [5, 5.41) is 8.48. The topological polar surface area (TPSA) is 73.5 Å². The molecule has 6 heteroatoms. The van der Waals surface area contributed by atoms with Crippen molar-refractivity contribution in [3.05, 3.63) is 54.1 Å². The van der Waals surface area contributed by atoms with Crippen molar-refractivity contribution in [1.29, 1.82) is 0 Å². The highest BCUT2D eigenvalue weighted by Crippen LogP contribution is 2.15. The van der Waals surface area contributed by atoms with Crippen LogP contribution in [0.3, 0.4) is 0 Å². The lowest BCUT2D eigenvalue weighted by Crippen LogP contribution is -2.28. The Kier molecular flexibility index (Phi) is 7.23. The SMILES string of the molecule is CC(C)CC(=O)Nc1ccc(NC(=O)NCc2cccc(N(C)C)c2)cc1. The Bertz CT molecular complexity index is 770. The lowest BCUT2D eigenvalue weighted by atomic mass is 10.1. The normalized spacial score (nSPS) is 10.4. The van der Waals surface area contributed by atoms with E-state index in [4.69, 9.17) is 0 Å². The van der Waals surface area contributed by atoms with E-state index in [1.165, 1.54) is 0 Å². The molecule has 3 N–H and O–H groups in total. The van der Waals surface area contributed by atoms with Crippen LogP contribution in [-0.4, -0.2) is 26.0 Å². The minimum absolute atomic E-state index is 0.0107. The molecule has 3 amide bonds. The molecule has 0 aliphatic rings. The molecule has 0 heterocycles. The van der Waals surface area contributed by atoms with Crippen molar-refractivity contribution in [1.82, 2.24) is 5.32 Å². The first-order chi connectivity index (χ1) is 12.8. The van der Waals surface area contributed by atoms with Crippen molar-refractivity contribution < 1.29 is 9.59 Å². The van der Waals surface area contributed by atoms with Gasteiger partial charge in [-0.1, -0.05) is 26.0 Å². The molecular weight excluding hydrogens is 340 g/mol. The van der Waals surface area contributed by atoms with Gasteiger partial charge in [0.05, 0.1) is 0 Å². The summed E-state index contributed by atoms with van der Waals surface area (Å²) in [5.41, 5.74) is 3.49. The fraction of sp³-hybridized carbons (Fsp3) is 0.333. The van der Waals surface area contributed by atoms with Gasteiger partial charge in [0.15, 0.2) is 0 Å². The van der Waals surface area contributed by atoms with Crippen molar-refractivity contribution in [3.8, 4) is 0 Å². The van der Waals surface area contributed by atoms with Crippen LogP contribution in [0.2, 0.25) is 0 Å². The van der Waals surface area contributed by atoms with E-state index in [1.807, 2.05) is 57.1 Å². The molecule has 0 fully saturated rings. The van der Waals surface area contributed by atoms with E-state index in [1.54, 1.807) is 24.3 Å². The van der Waals surface area contributed by atoms with Gasteiger partial charge >= 0.3 is 6.03 Å². The summed E-state index contributed by atoms with van der Waals surface area (Å²) in [6, 6.07) is 14.8. The highest BCUT2D eigenvalue weighted by Gasteiger charge is 2.06. The molecule has 6 nitrogen and oxygen atoms in total. The molecular formula is C21H28N4O2. The maximum Gasteiger partial charge on any atom is 0.319 e. The van der Waals surface area contributed by atoms with Gasteiger partial charge in [-0.25, -0.2) is 4.79 Å². The standard InChI is InChI=1S/C21H28N4O2/c1-15(2)12-20(26)23-17-8-10-18(11-9-17)24-21(27)22-14-16-6-5-7-19(13-16)25(3)4/h5-11,13,15H,12,14H2,1-4H3,(H,23,26)(H2,22,24,27). The molecule has 0 aromatic heterocycles. The summed E-state index contributed by atoms with van der Waals surface area (Å²) in [6.07, 6.45) is 0.484. The van der Waals surface area contributed by atoms with Crippen LogP contribution in [-0.2, 0) is 11.3 Å². The molecule has 2 aromatic carbocycles. The molecule has 0 aliphatic carbocycles. The quantitative estimate of drug-likeness (QED) is 0.690. The fourth-order valence-corrected chi connectivity index (χ4v) is 2.52. The lowest BCUT2D eigenvalue weighted by molar-refractivity contribution is -0.116. The number of hydrogen-bond acceptors (Lipinski definition) is 3. The van der Waals surface area contributed by atoms with Gasteiger partial charge in [0.2, 0.25) is 5.91 Å². The molecule has 0 radical (unpaired) electrons. The van der Waals surface area contributed by atoms with E-state index in [0.29, 0.717) is 30.3 Å². The second-order valence-electron chi connectivity index (χ2n) is 7.10. The zero-order valence-electron chi connectivity index (χ0n) is 16.4. The predicted octanol–water partition coefficient (Wildman–Crippen LogP) is 4.06. The Hall–Kier alpha value is -3.02. The average Bonchev–Trinajstić information content (AvgIpc) is 2.61. The van der Waals surface area contributed by atoms with Crippen LogP contribution in [0.1, 0.15) is 25.8 Å². The number of carbonyl (C=O) groups is 2. The molecule has 0 saturated heterocycles. The van der Waals surface area contributed by atoms with Crippen LogP contribution >= 0.6 is 0 Å². The monoisotopic (exact) mass is 368 g/mol. The number of amides is 3. The third-order valence-corrected chi connectivity index (χ3v) is 3.90. The third kappa shape index (κ3) is 7.01. The summed E-state index contributed by atoms with van der Waals surface area (Å²) in [5.74, 6) is 0.302. The first-order valence-electron chi connectivity index (χ1n) is 9.04. The number of nitrogens with zero attached hydrogens (tertiary/aromatic N) is 1. The van der Waals surface area contributed by atoms with Crippen LogP contribution in [0.25, 0.3) is 0 Å². The second kappa shape index (κ2) is 9.62. The number of carbonyl (C=O) groups excluding carboxylic acids is 2. The van der Waals surface area contributed by atoms with E-state index in [-0.39, 0.29) is 11.9 Å². The van der Waals surface area contributed by atoms with Crippen molar-refractivity contribution in [2.75, 3.05) is 29.6 Å². The lowest BCUT2D eigenvalue weighted by Gasteiger charge is -2.14. The third-order valence-electron chi connectivity index (χ3n) is 3.90. The Morgan fingerprint density at radius 3 is 2.19 bits per heavy atom. The highest BCUT2D eigenvalue weighted by molar-refractivity contribution is 5.92. The van der Waals surface area contributed by atoms with Crippen LogP contribution in [0.5, 0.6) is 0 Å². The minimum atomic E-state index is -0.276. The first kappa shape index (κ1) is 20.3. The van der Waals surface area contributed by atoms with Gasteiger partial charge in [0, 0.05) is 44.1 Å². The molecule has 27 heavy (non-hydrogen) atoms. The Balaban J connectivity index is 1.83. The van der Waals surface area contributed by atoms with Gasteiger partial charge in [-0.15, -0.1) is 0 Å². The van der Waals surface area contributed by atoms with Crippen LogP contribution in [0.4, 0.5) is 21.9 Å². The van der Waals surface area contributed by atoms with Gasteiger partial charge in [-0.3, -0.25) is 4.79 Å². The number of rotatable bonds is 7. The van der Waals surface area contributed by atoms with Crippen molar-refractivity contribution in [2.45, 2.75) is 26.8 Å². The van der Waals surface area contributed by atoms with Gasteiger partial charge in [-0.05, 0) is 47.9 Å². The molecule has 2 aromatic rings. The molecule has 0 saturated carbocycles. The zero-order valence-corrected chi connectivity index (χ0v) is 16.4. The number of anilines is 3.